The zero-order valence-electron chi connectivity index (χ0n) is 9.85. The highest BCUT2D eigenvalue weighted by Gasteiger charge is 2.32. The first-order chi connectivity index (χ1) is 8.83. The van der Waals surface area contributed by atoms with Crippen molar-refractivity contribution >= 4 is 17.2 Å². The summed E-state index contributed by atoms with van der Waals surface area (Å²) < 4.78 is 36.6. The van der Waals surface area contributed by atoms with Gasteiger partial charge in [-0.15, -0.1) is 11.3 Å². The largest absolute Gasteiger partial charge is 0.389 e. The molecule has 0 aliphatic carbocycles. The van der Waals surface area contributed by atoms with E-state index in [0.717, 1.165) is 17.4 Å². The summed E-state index contributed by atoms with van der Waals surface area (Å²) in [6.07, 6.45) is -4.78. The lowest BCUT2D eigenvalue weighted by atomic mass is 10.1. The summed E-state index contributed by atoms with van der Waals surface area (Å²) in [5.41, 5.74) is 0. The van der Waals surface area contributed by atoms with Crippen LogP contribution in [0, 0.1) is 0 Å². The van der Waals surface area contributed by atoms with Gasteiger partial charge in [-0.1, -0.05) is 6.58 Å². The minimum absolute atomic E-state index is 0.261. The zero-order chi connectivity index (χ0) is 14.5. The van der Waals surface area contributed by atoms with Crippen LogP contribution in [0.2, 0.25) is 0 Å². The average molecular weight is 294 g/mol. The topological polar surface area (TPSA) is 62.2 Å². The third-order valence-corrected chi connectivity index (χ3v) is 3.18. The van der Waals surface area contributed by atoms with Crippen molar-refractivity contribution in [2.75, 3.05) is 0 Å². The van der Waals surface area contributed by atoms with Gasteiger partial charge in [0.15, 0.2) is 0 Å². The molecule has 1 heterocycles. The summed E-state index contributed by atoms with van der Waals surface area (Å²) in [6.45, 7) is 3.22. The number of thiazole rings is 1. The molecule has 2 N–H and O–H groups in total. The van der Waals surface area contributed by atoms with Crippen LogP contribution in [0.3, 0.4) is 0 Å². The molecule has 1 unspecified atom stereocenters. The van der Waals surface area contributed by atoms with Crippen LogP contribution in [0.1, 0.15) is 24.0 Å². The first-order valence-electron chi connectivity index (χ1n) is 5.40. The van der Waals surface area contributed by atoms with E-state index in [4.69, 9.17) is 0 Å². The molecule has 2 atom stereocenters. The minimum Gasteiger partial charge on any atom is -0.384 e. The fraction of sp³-hybridized carbons (Fsp3) is 0.455. The van der Waals surface area contributed by atoms with Crippen LogP contribution in [0.4, 0.5) is 13.2 Å². The van der Waals surface area contributed by atoms with E-state index < -0.39 is 37.1 Å². The Bertz CT molecular complexity index is 420. The summed E-state index contributed by atoms with van der Waals surface area (Å²) in [7, 11) is 0. The van der Waals surface area contributed by atoms with E-state index in [0.29, 0.717) is 0 Å². The Kier molecular flexibility index (Phi) is 5.49. The van der Waals surface area contributed by atoms with Crippen LogP contribution >= 0.6 is 11.3 Å². The van der Waals surface area contributed by atoms with Crippen molar-refractivity contribution in [2.45, 2.75) is 31.2 Å². The van der Waals surface area contributed by atoms with E-state index >= 15 is 0 Å². The number of aliphatic hydroxyl groups is 1. The molecule has 0 aromatic carbocycles. The van der Waals surface area contributed by atoms with Crippen molar-refractivity contribution in [2.24, 2.45) is 0 Å². The highest BCUT2D eigenvalue weighted by atomic mass is 32.1. The van der Waals surface area contributed by atoms with Crippen molar-refractivity contribution in [3.8, 4) is 0 Å². The lowest BCUT2D eigenvalue weighted by Crippen LogP contribution is -2.39. The van der Waals surface area contributed by atoms with Crippen molar-refractivity contribution in [1.29, 1.82) is 0 Å². The predicted octanol–water partition coefficient (Wildman–Crippen LogP) is 2.19. The quantitative estimate of drug-likeness (QED) is 0.791. The molecule has 4 nitrogen and oxygen atoms in total. The third kappa shape index (κ3) is 5.39. The zero-order valence-corrected chi connectivity index (χ0v) is 10.7. The highest BCUT2D eigenvalue weighted by molar-refractivity contribution is 7.09. The molecule has 106 valence electrons. The molecule has 0 fully saturated rings. The minimum atomic E-state index is -4.35. The monoisotopic (exact) mass is 294 g/mol. The van der Waals surface area contributed by atoms with Gasteiger partial charge in [0.1, 0.15) is 11.1 Å². The molecule has 0 spiro atoms. The van der Waals surface area contributed by atoms with Crippen LogP contribution in [0.15, 0.2) is 24.2 Å². The van der Waals surface area contributed by atoms with Crippen molar-refractivity contribution in [1.82, 2.24) is 10.3 Å². The van der Waals surface area contributed by atoms with E-state index in [1.165, 1.54) is 6.20 Å². The maximum Gasteiger partial charge on any atom is 0.389 e. The summed E-state index contributed by atoms with van der Waals surface area (Å²) >= 11 is 1.11. The van der Waals surface area contributed by atoms with Crippen LogP contribution in [0.25, 0.3) is 0 Å². The van der Waals surface area contributed by atoms with Crippen molar-refractivity contribution in [3.63, 3.8) is 0 Å². The molecular formula is C11H13F3N2O2S. The summed E-state index contributed by atoms with van der Waals surface area (Å²) in [5, 5.41) is 14.1. The number of nitrogens with zero attached hydrogens (tertiary/aromatic N) is 1. The molecule has 0 bridgehead atoms. The van der Waals surface area contributed by atoms with Crippen molar-refractivity contribution in [3.05, 3.63) is 29.2 Å². The Morgan fingerprint density at radius 3 is 2.79 bits per heavy atom. The Labute approximate surface area is 112 Å². The molecule has 19 heavy (non-hydrogen) atoms. The van der Waals surface area contributed by atoms with Gasteiger partial charge in [0.25, 0.3) is 0 Å². The maximum atomic E-state index is 12.2. The number of hydrogen-bond acceptors (Lipinski definition) is 4. The van der Waals surface area contributed by atoms with Gasteiger partial charge in [-0.05, 0) is 12.5 Å². The number of amides is 1. The van der Waals surface area contributed by atoms with Crippen LogP contribution in [0.5, 0.6) is 0 Å². The van der Waals surface area contributed by atoms with Crippen LogP contribution in [-0.4, -0.2) is 28.2 Å². The molecule has 0 saturated heterocycles. The first-order valence-corrected chi connectivity index (χ1v) is 6.28. The molecule has 8 heteroatoms. The predicted molar refractivity (Wildman–Crippen MR) is 64.5 cm³/mol. The third-order valence-electron chi connectivity index (χ3n) is 2.34. The normalized spacial score (nSPS) is 14.7. The van der Waals surface area contributed by atoms with Gasteiger partial charge in [-0.25, -0.2) is 4.98 Å². The lowest BCUT2D eigenvalue weighted by molar-refractivity contribution is -0.139. The second-order valence-electron chi connectivity index (χ2n) is 3.79. The number of carbonyl (C=O) groups is 1. The van der Waals surface area contributed by atoms with Crippen LogP contribution < -0.4 is 5.32 Å². The Balaban J connectivity index is 2.73. The van der Waals surface area contributed by atoms with Gasteiger partial charge in [0.05, 0.1) is 6.04 Å². The Hall–Kier alpha value is -1.41. The molecule has 1 rings (SSSR count). The Morgan fingerprint density at radius 1 is 1.63 bits per heavy atom. The maximum absolute atomic E-state index is 12.2. The number of rotatable bonds is 6. The van der Waals surface area contributed by atoms with Gasteiger partial charge < -0.3 is 10.4 Å². The molecule has 1 aromatic heterocycles. The van der Waals surface area contributed by atoms with E-state index in [1.807, 2.05) is 0 Å². The summed E-state index contributed by atoms with van der Waals surface area (Å²) in [5.74, 6) is -0.636. The Morgan fingerprint density at radius 2 is 2.32 bits per heavy atom. The van der Waals surface area contributed by atoms with E-state index in [2.05, 4.69) is 16.9 Å². The van der Waals surface area contributed by atoms with Gasteiger partial charge in [-0.2, -0.15) is 13.2 Å². The van der Waals surface area contributed by atoms with E-state index in [1.54, 1.807) is 5.38 Å². The van der Waals surface area contributed by atoms with Crippen molar-refractivity contribution < 1.29 is 23.1 Å². The van der Waals surface area contributed by atoms with E-state index in [-0.39, 0.29) is 5.01 Å². The van der Waals surface area contributed by atoms with Crippen LogP contribution in [-0.2, 0) is 4.79 Å². The van der Waals surface area contributed by atoms with Gasteiger partial charge in [0.2, 0.25) is 5.91 Å². The SMILES string of the molecule is C=CC(=O)N[C@@H](CCC(F)(F)F)C(O)c1nccs1. The standard InChI is InChI=1S/C11H13F3N2O2S/c1-2-8(17)16-7(3-4-11(12,13)14)9(18)10-15-5-6-19-10/h2,5-7,9,18H,1,3-4H2,(H,16,17)/t7-,9?/m0/s1. The van der Waals surface area contributed by atoms with Gasteiger partial charge in [-0.3, -0.25) is 4.79 Å². The number of hydrogen-bond donors (Lipinski definition) is 2. The molecule has 0 radical (unpaired) electrons. The average Bonchev–Trinajstić information content (AvgIpc) is 2.85. The molecule has 0 aliphatic heterocycles. The molecule has 1 amide bonds. The number of carbonyl (C=O) groups excluding carboxylic acids is 1. The second-order valence-corrected chi connectivity index (χ2v) is 4.71. The van der Waals surface area contributed by atoms with Gasteiger partial charge >= 0.3 is 6.18 Å². The smallest absolute Gasteiger partial charge is 0.384 e. The first kappa shape index (κ1) is 15.6. The van der Waals surface area contributed by atoms with E-state index in [9.17, 15) is 23.1 Å². The van der Waals surface area contributed by atoms with Gasteiger partial charge in [0, 0.05) is 18.0 Å². The summed E-state index contributed by atoms with van der Waals surface area (Å²) in [4.78, 5) is 15.0. The number of nitrogens with one attached hydrogen (secondary N) is 1. The fourth-order valence-electron chi connectivity index (χ4n) is 1.42. The number of halogens is 3. The summed E-state index contributed by atoms with van der Waals surface area (Å²) in [6, 6.07) is -1.06. The second kappa shape index (κ2) is 6.67. The number of alkyl halides is 3. The molecule has 1 aromatic rings. The molecule has 0 saturated carbocycles. The highest BCUT2D eigenvalue weighted by Crippen LogP contribution is 2.27. The number of aliphatic hydroxyl groups excluding tert-OH is 1. The molecular weight excluding hydrogens is 281 g/mol. The molecule has 0 aliphatic rings. The number of aromatic nitrogens is 1. The lowest BCUT2D eigenvalue weighted by Gasteiger charge is -2.22. The fourth-order valence-corrected chi connectivity index (χ4v) is 2.11.